The number of benzene rings is 3. The molecule has 0 radical (unpaired) electrons. The van der Waals surface area contributed by atoms with Crippen molar-refractivity contribution in [1.29, 1.82) is 0 Å². The van der Waals surface area contributed by atoms with Crippen LogP contribution >= 0.6 is 27.5 Å². The van der Waals surface area contributed by atoms with E-state index in [0.29, 0.717) is 39.8 Å². The summed E-state index contributed by atoms with van der Waals surface area (Å²) in [5.41, 5.74) is 3.69. The lowest BCUT2D eigenvalue weighted by molar-refractivity contribution is 0.0734. The lowest BCUT2D eigenvalue weighted by atomic mass is 10.2. The number of hydrogen-bond acceptors (Lipinski definition) is 5. The lowest BCUT2D eigenvalue weighted by Crippen LogP contribution is -2.17. The first kappa shape index (κ1) is 23.5. The van der Waals surface area contributed by atoms with E-state index in [1.165, 1.54) is 12.3 Å². The van der Waals surface area contributed by atoms with Crippen LogP contribution in [0.5, 0.6) is 11.5 Å². The van der Waals surface area contributed by atoms with Gasteiger partial charge in [-0.3, -0.25) is 4.79 Å². The topological polar surface area (TPSA) is 77.0 Å². The first-order chi connectivity index (χ1) is 15.5. The zero-order valence-electron chi connectivity index (χ0n) is 17.2. The highest BCUT2D eigenvalue weighted by atomic mass is 79.9. The number of nitrogens with zero attached hydrogens (tertiary/aromatic N) is 1. The maximum Gasteiger partial charge on any atom is 0.343 e. The summed E-state index contributed by atoms with van der Waals surface area (Å²) in [6.07, 6.45) is 2.30. The molecule has 164 valence electrons. The van der Waals surface area contributed by atoms with Crippen LogP contribution in [0, 0.1) is 0 Å². The van der Waals surface area contributed by atoms with Crippen molar-refractivity contribution in [2.75, 3.05) is 6.61 Å². The Balaban J connectivity index is 1.69. The third kappa shape index (κ3) is 6.67. The van der Waals surface area contributed by atoms with Gasteiger partial charge in [-0.1, -0.05) is 40.5 Å². The summed E-state index contributed by atoms with van der Waals surface area (Å²) in [6.45, 7) is 2.63. The quantitative estimate of drug-likeness (QED) is 0.176. The molecule has 1 N–H and O–H groups in total. The Hall–Kier alpha value is -3.16. The molecule has 0 atom stereocenters. The van der Waals surface area contributed by atoms with Crippen LogP contribution in [0.4, 0.5) is 0 Å². The summed E-state index contributed by atoms with van der Waals surface area (Å²) >= 11 is 9.29. The summed E-state index contributed by atoms with van der Waals surface area (Å²) in [4.78, 5) is 24.8. The minimum atomic E-state index is -0.521. The second-order valence-electron chi connectivity index (χ2n) is 6.65. The van der Waals surface area contributed by atoms with Gasteiger partial charge in [0, 0.05) is 20.6 Å². The molecule has 3 rings (SSSR count). The molecule has 1 amide bonds. The molecule has 3 aromatic carbocycles. The molecular weight excluding hydrogens is 496 g/mol. The molecule has 0 aliphatic heterocycles. The highest BCUT2D eigenvalue weighted by molar-refractivity contribution is 9.10. The van der Waals surface area contributed by atoms with E-state index in [1.54, 1.807) is 60.7 Å². The van der Waals surface area contributed by atoms with Gasteiger partial charge in [0.1, 0.15) is 11.5 Å². The predicted molar refractivity (Wildman–Crippen MR) is 128 cm³/mol. The Labute approximate surface area is 199 Å². The number of hydrogen-bond donors (Lipinski definition) is 1. The highest BCUT2D eigenvalue weighted by Gasteiger charge is 2.12. The minimum Gasteiger partial charge on any atom is -0.494 e. The van der Waals surface area contributed by atoms with Gasteiger partial charge in [0.05, 0.1) is 18.4 Å². The number of amides is 1. The van der Waals surface area contributed by atoms with Gasteiger partial charge in [0.25, 0.3) is 5.91 Å². The Morgan fingerprint density at radius 3 is 2.56 bits per heavy atom. The Bertz CT molecular complexity index is 1130. The van der Waals surface area contributed by atoms with Gasteiger partial charge in [-0.15, -0.1) is 0 Å². The first-order valence-electron chi connectivity index (χ1n) is 9.80. The van der Waals surface area contributed by atoms with Crippen molar-refractivity contribution < 1.29 is 19.1 Å². The van der Waals surface area contributed by atoms with Crippen molar-refractivity contribution in [3.05, 3.63) is 92.9 Å². The van der Waals surface area contributed by atoms with Crippen LogP contribution in [0.15, 0.2) is 76.3 Å². The van der Waals surface area contributed by atoms with E-state index in [2.05, 4.69) is 26.5 Å². The summed E-state index contributed by atoms with van der Waals surface area (Å²) in [6, 6.07) is 18.4. The van der Waals surface area contributed by atoms with E-state index < -0.39 is 11.9 Å². The Morgan fingerprint density at radius 1 is 1.06 bits per heavy atom. The molecular formula is C24H20BrClN2O4. The van der Waals surface area contributed by atoms with E-state index in [4.69, 9.17) is 21.1 Å². The smallest absolute Gasteiger partial charge is 0.343 e. The first-order valence-corrected chi connectivity index (χ1v) is 11.0. The molecule has 6 nitrogen and oxygen atoms in total. The van der Waals surface area contributed by atoms with Crippen LogP contribution in [-0.4, -0.2) is 24.7 Å². The van der Waals surface area contributed by atoms with Crippen LogP contribution in [0.3, 0.4) is 0 Å². The number of ether oxygens (including phenoxy) is 2. The average molecular weight is 516 g/mol. The van der Waals surface area contributed by atoms with Crippen molar-refractivity contribution >= 4 is 45.6 Å². The summed E-state index contributed by atoms with van der Waals surface area (Å²) in [5, 5.41) is 4.42. The molecule has 0 fully saturated rings. The van der Waals surface area contributed by atoms with E-state index in [1.807, 2.05) is 6.92 Å². The summed E-state index contributed by atoms with van der Waals surface area (Å²) in [5.74, 6) is 0.0511. The van der Waals surface area contributed by atoms with Crippen molar-refractivity contribution in [3.8, 4) is 11.5 Å². The average Bonchev–Trinajstić information content (AvgIpc) is 2.79. The van der Waals surface area contributed by atoms with Gasteiger partial charge >= 0.3 is 5.97 Å². The fraction of sp³-hybridized carbons (Fsp3) is 0.125. The van der Waals surface area contributed by atoms with Gasteiger partial charge in [-0.05, 0) is 67.1 Å². The molecule has 32 heavy (non-hydrogen) atoms. The van der Waals surface area contributed by atoms with Crippen molar-refractivity contribution in [3.63, 3.8) is 0 Å². The van der Waals surface area contributed by atoms with Crippen LogP contribution in [-0.2, 0) is 0 Å². The van der Waals surface area contributed by atoms with E-state index >= 15 is 0 Å². The van der Waals surface area contributed by atoms with Crippen LogP contribution in [0.2, 0.25) is 5.02 Å². The number of nitrogens with one attached hydrogen (secondary N) is 1. The minimum absolute atomic E-state index is 0.297. The van der Waals surface area contributed by atoms with E-state index in [-0.39, 0.29) is 0 Å². The second-order valence-corrected chi connectivity index (χ2v) is 8.01. The highest BCUT2D eigenvalue weighted by Crippen LogP contribution is 2.23. The predicted octanol–water partition coefficient (Wildman–Crippen LogP) is 5.87. The van der Waals surface area contributed by atoms with Crippen LogP contribution in [0.1, 0.15) is 39.6 Å². The van der Waals surface area contributed by atoms with Gasteiger partial charge < -0.3 is 9.47 Å². The number of carbonyl (C=O) groups is 2. The molecule has 0 aliphatic carbocycles. The molecule has 8 heteroatoms. The number of esters is 1. The fourth-order valence-corrected chi connectivity index (χ4v) is 3.20. The summed E-state index contributed by atoms with van der Waals surface area (Å²) in [7, 11) is 0. The van der Waals surface area contributed by atoms with Gasteiger partial charge in [0.2, 0.25) is 0 Å². The molecule has 0 unspecified atom stereocenters. The number of carbonyl (C=O) groups excluding carboxylic acids is 2. The molecule has 0 saturated carbocycles. The molecule has 0 heterocycles. The van der Waals surface area contributed by atoms with Gasteiger partial charge in [-0.2, -0.15) is 5.10 Å². The normalized spacial score (nSPS) is 10.7. The molecule has 0 aliphatic rings. The molecule has 0 aromatic heterocycles. The fourth-order valence-electron chi connectivity index (χ4n) is 2.63. The Morgan fingerprint density at radius 2 is 1.84 bits per heavy atom. The lowest BCUT2D eigenvalue weighted by Gasteiger charge is -2.09. The Kier molecular flexibility index (Phi) is 8.41. The second kappa shape index (κ2) is 11.5. The number of hydrazone groups is 1. The SMILES string of the molecule is CCCOc1ccc(C(=O)Oc2ccc(Br)cc2/C=N/NC(=O)c2cccc(Cl)c2)cc1. The van der Waals surface area contributed by atoms with Crippen molar-refractivity contribution in [2.24, 2.45) is 5.10 Å². The van der Waals surface area contributed by atoms with E-state index in [9.17, 15) is 9.59 Å². The van der Waals surface area contributed by atoms with Crippen LogP contribution in [0.25, 0.3) is 0 Å². The monoisotopic (exact) mass is 514 g/mol. The molecule has 3 aromatic rings. The number of rotatable bonds is 8. The third-order valence-corrected chi connectivity index (χ3v) is 4.92. The molecule has 0 spiro atoms. The van der Waals surface area contributed by atoms with E-state index in [0.717, 1.165) is 10.9 Å². The van der Waals surface area contributed by atoms with Crippen molar-refractivity contribution in [1.82, 2.24) is 5.43 Å². The maximum atomic E-state index is 12.6. The molecule has 0 saturated heterocycles. The standard InChI is InChI=1S/C24H20BrClN2O4/c1-2-12-31-21-9-6-16(7-10-21)24(30)32-22-11-8-19(25)13-18(22)15-27-28-23(29)17-4-3-5-20(26)14-17/h3-11,13-15H,2,12H2,1H3,(H,28,29)/b27-15+. The largest absolute Gasteiger partial charge is 0.494 e. The summed E-state index contributed by atoms with van der Waals surface area (Å²) < 4.78 is 11.8. The van der Waals surface area contributed by atoms with Crippen LogP contribution < -0.4 is 14.9 Å². The maximum absolute atomic E-state index is 12.6. The zero-order chi connectivity index (χ0) is 22.9. The van der Waals surface area contributed by atoms with Crippen molar-refractivity contribution in [2.45, 2.75) is 13.3 Å². The third-order valence-electron chi connectivity index (χ3n) is 4.19. The molecule has 0 bridgehead atoms. The zero-order valence-corrected chi connectivity index (χ0v) is 19.5. The van der Waals surface area contributed by atoms with Gasteiger partial charge in [0.15, 0.2) is 0 Å². The van der Waals surface area contributed by atoms with Gasteiger partial charge in [-0.25, -0.2) is 10.2 Å². The number of halogens is 2.